The Morgan fingerprint density at radius 1 is 1.07 bits per heavy atom. The monoisotopic (exact) mass is 372 g/mol. The smallest absolute Gasteiger partial charge is 0.361 e. The number of aromatic nitrogens is 3. The van der Waals surface area contributed by atoms with Crippen LogP contribution in [0.5, 0.6) is 0 Å². The SMILES string of the molecule is Cc1nn(-c2ccccc2)nc1C(=O)OCC(=O)NC(C)(C)CC(C)(C)C. The van der Waals surface area contributed by atoms with Gasteiger partial charge < -0.3 is 10.1 Å². The minimum absolute atomic E-state index is 0.0699. The summed E-state index contributed by atoms with van der Waals surface area (Å²) >= 11 is 0. The number of amides is 1. The molecular weight excluding hydrogens is 344 g/mol. The molecule has 2 rings (SSSR count). The van der Waals surface area contributed by atoms with Crippen molar-refractivity contribution in [1.82, 2.24) is 20.3 Å². The minimum Gasteiger partial charge on any atom is -0.451 e. The van der Waals surface area contributed by atoms with Crippen LogP contribution < -0.4 is 5.32 Å². The van der Waals surface area contributed by atoms with Crippen molar-refractivity contribution in [2.75, 3.05) is 6.61 Å². The maximum atomic E-state index is 12.3. The molecule has 146 valence electrons. The van der Waals surface area contributed by atoms with Crippen LogP contribution in [0.4, 0.5) is 0 Å². The second-order valence-corrected chi connectivity index (χ2v) is 8.50. The lowest BCUT2D eigenvalue weighted by atomic mass is 9.82. The van der Waals surface area contributed by atoms with Gasteiger partial charge in [0.25, 0.3) is 5.91 Å². The summed E-state index contributed by atoms with van der Waals surface area (Å²) in [7, 11) is 0. The van der Waals surface area contributed by atoms with Crippen molar-refractivity contribution in [2.24, 2.45) is 5.41 Å². The van der Waals surface area contributed by atoms with Crippen molar-refractivity contribution in [3.05, 3.63) is 41.7 Å². The molecule has 0 atom stereocenters. The van der Waals surface area contributed by atoms with Gasteiger partial charge in [-0.25, -0.2) is 4.79 Å². The number of carbonyl (C=O) groups is 2. The Bertz CT molecular complexity index is 804. The number of rotatable bonds is 6. The number of nitrogens with zero attached hydrogens (tertiary/aromatic N) is 3. The number of carbonyl (C=O) groups excluding carboxylic acids is 2. The Balaban J connectivity index is 1.96. The molecular formula is C20H28N4O3. The van der Waals surface area contributed by atoms with E-state index in [0.29, 0.717) is 5.69 Å². The van der Waals surface area contributed by atoms with Gasteiger partial charge in [0.1, 0.15) is 0 Å². The summed E-state index contributed by atoms with van der Waals surface area (Å²) in [4.78, 5) is 25.8. The molecule has 0 radical (unpaired) electrons. The van der Waals surface area contributed by atoms with Gasteiger partial charge in [-0.15, -0.1) is 5.10 Å². The quantitative estimate of drug-likeness (QED) is 0.788. The molecule has 0 saturated carbocycles. The number of aryl methyl sites for hydroxylation is 1. The first-order valence-electron chi connectivity index (χ1n) is 8.94. The highest BCUT2D eigenvalue weighted by Crippen LogP contribution is 2.26. The largest absolute Gasteiger partial charge is 0.451 e. The van der Waals surface area contributed by atoms with E-state index < -0.39 is 11.5 Å². The summed E-state index contributed by atoms with van der Waals surface area (Å²) in [6.45, 7) is 11.6. The van der Waals surface area contributed by atoms with E-state index in [4.69, 9.17) is 4.74 Å². The number of esters is 1. The number of ether oxygens (including phenoxy) is 1. The molecule has 1 aromatic carbocycles. The Hall–Kier alpha value is -2.70. The fourth-order valence-electron chi connectivity index (χ4n) is 3.23. The van der Waals surface area contributed by atoms with E-state index in [0.717, 1.165) is 12.1 Å². The van der Waals surface area contributed by atoms with E-state index in [1.54, 1.807) is 6.92 Å². The van der Waals surface area contributed by atoms with Gasteiger partial charge in [-0.05, 0) is 44.7 Å². The lowest BCUT2D eigenvalue weighted by molar-refractivity contribution is -0.126. The highest BCUT2D eigenvalue weighted by molar-refractivity contribution is 5.90. The minimum atomic E-state index is -0.668. The van der Waals surface area contributed by atoms with Crippen molar-refractivity contribution in [3.8, 4) is 5.69 Å². The van der Waals surface area contributed by atoms with E-state index in [1.165, 1.54) is 4.80 Å². The third kappa shape index (κ3) is 6.20. The molecule has 0 bridgehead atoms. The molecule has 1 amide bonds. The average Bonchev–Trinajstić information content (AvgIpc) is 2.92. The summed E-state index contributed by atoms with van der Waals surface area (Å²) in [5, 5.41) is 11.3. The zero-order chi connectivity index (χ0) is 20.2. The standard InChI is InChI=1S/C20H28N4O3/c1-14-17(23-24(22-14)15-10-8-7-9-11-15)18(26)27-12-16(25)21-20(5,6)13-19(2,3)4/h7-11H,12-13H2,1-6H3,(H,21,25). The molecule has 0 spiro atoms. The Labute approximate surface area is 160 Å². The summed E-state index contributed by atoms with van der Waals surface area (Å²) in [5.41, 5.74) is 0.952. The number of benzene rings is 1. The van der Waals surface area contributed by atoms with Crippen molar-refractivity contribution in [3.63, 3.8) is 0 Å². The summed E-state index contributed by atoms with van der Waals surface area (Å²) in [6, 6.07) is 9.26. The molecule has 7 heteroatoms. The van der Waals surface area contributed by atoms with Gasteiger partial charge in [-0.1, -0.05) is 39.0 Å². The van der Waals surface area contributed by atoms with Crippen LogP contribution in [0.25, 0.3) is 5.69 Å². The molecule has 1 heterocycles. The molecule has 2 aromatic rings. The first kappa shape index (κ1) is 20.6. The third-order valence-electron chi connectivity index (χ3n) is 3.75. The lowest BCUT2D eigenvalue weighted by Gasteiger charge is -2.33. The van der Waals surface area contributed by atoms with Crippen molar-refractivity contribution < 1.29 is 14.3 Å². The highest BCUT2D eigenvalue weighted by atomic mass is 16.5. The molecule has 0 saturated heterocycles. The molecule has 0 aliphatic rings. The second kappa shape index (κ2) is 7.90. The molecule has 0 unspecified atom stereocenters. The van der Waals surface area contributed by atoms with Gasteiger partial charge in [-0.2, -0.15) is 9.90 Å². The van der Waals surface area contributed by atoms with Crippen LogP contribution in [0, 0.1) is 12.3 Å². The molecule has 0 aliphatic carbocycles. The fourth-order valence-corrected chi connectivity index (χ4v) is 3.23. The van der Waals surface area contributed by atoms with Crippen LogP contribution in [0.15, 0.2) is 30.3 Å². The van der Waals surface area contributed by atoms with Crippen LogP contribution in [0.2, 0.25) is 0 Å². The second-order valence-electron chi connectivity index (χ2n) is 8.50. The Morgan fingerprint density at radius 2 is 1.70 bits per heavy atom. The van der Waals surface area contributed by atoms with E-state index in [-0.39, 0.29) is 23.6 Å². The maximum absolute atomic E-state index is 12.3. The van der Waals surface area contributed by atoms with Crippen molar-refractivity contribution in [1.29, 1.82) is 0 Å². The van der Waals surface area contributed by atoms with Gasteiger partial charge in [0.2, 0.25) is 0 Å². The lowest BCUT2D eigenvalue weighted by Crippen LogP contribution is -2.47. The van der Waals surface area contributed by atoms with Crippen LogP contribution >= 0.6 is 0 Å². The topological polar surface area (TPSA) is 86.1 Å². The predicted octanol–water partition coefficient (Wildman–Crippen LogP) is 3.06. The number of hydrogen-bond donors (Lipinski definition) is 1. The predicted molar refractivity (Wildman–Crippen MR) is 103 cm³/mol. The fraction of sp³-hybridized carbons (Fsp3) is 0.500. The van der Waals surface area contributed by atoms with Gasteiger partial charge in [0, 0.05) is 5.54 Å². The van der Waals surface area contributed by atoms with Crippen molar-refractivity contribution in [2.45, 2.75) is 53.5 Å². The normalized spacial score (nSPS) is 11.9. The van der Waals surface area contributed by atoms with E-state index in [9.17, 15) is 9.59 Å². The Kier molecular flexibility index (Phi) is 6.03. The molecule has 0 aliphatic heterocycles. The zero-order valence-electron chi connectivity index (χ0n) is 16.9. The Morgan fingerprint density at radius 3 is 2.30 bits per heavy atom. The highest BCUT2D eigenvalue weighted by Gasteiger charge is 2.27. The maximum Gasteiger partial charge on any atom is 0.361 e. The van der Waals surface area contributed by atoms with Gasteiger partial charge in [0.15, 0.2) is 12.3 Å². The molecule has 1 N–H and O–H groups in total. The van der Waals surface area contributed by atoms with E-state index in [2.05, 4.69) is 36.3 Å². The van der Waals surface area contributed by atoms with Gasteiger partial charge in [-0.3, -0.25) is 4.79 Å². The summed E-state index contributed by atoms with van der Waals surface area (Å²) in [6.07, 6.45) is 0.796. The molecule has 7 nitrogen and oxygen atoms in total. The average molecular weight is 372 g/mol. The van der Waals surface area contributed by atoms with Gasteiger partial charge in [0.05, 0.1) is 11.4 Å². The van der Waals surface area contributed by atoms with Crippen LogP contribution in [-0.4, -0.2) is 39.0 Å². The third-order valence-corrected chi connectivity index (χ3v) is 3.75. The molecule has 1 aromatic heterocycles. The number of hydrogen-bond acceptors (Lipinski definition) is 5. The summed E-state index contributed by atoms with van der Waals surface area (Å²) < 4.78 is 5.13. The number of nitrogens with one attached hydrogen (secondary N) is 1. The van der Waals surface area contributed by atoms with Crippen molar-refractivity contribution >= 4 is 11.9 Å². The van der Waals surface area contributed by atoms with Crippen LogP contribution in [-0.2, 0) is 9.53 Å². The summed E-state index contributed by atoms with van der Waals surface area (Å²) in [5.74, 6) is -1.01. The first-order chi connectivity index (χ1) is 12.5. The van der Waals surface area contributed by atoms with Crippen LogP contribution in [0.1, 0.15) is 57.2 Å². The first-order valence-corrected chi connectivity index (χ1v) is 8.94. The van der Waals surface area contributed by atoms with E-state index >= 15 is 0 Å². The van der Waals surface area contributed by atoms with E-state index in [1.807, 2.05) is 44.2 Å². The number of para-hydroxylation sites is 1. The van der Waals surface area contributed by atoms with Crippen LogP contribution in [0.3, 0.4) is 0 Å². The molecule has 0 fully saturated rings. The molecule has 27 heavy (non-hydrogen) atoms. The zero-order valence-corrected chi connectivity index (χ0v) is 16.9. The van der Waals surface area contributed by atoms with Gasteiger partial charge >= 0.3 is 5.97 Å².